The van der Waals surface area contributed by atoms with Crippen molar-refractivity contribution in [2.75, 3.05) is 91.9 Å². The number of carbonyl (C=O) groups is 3. The number of nitrogens with one attached hydrogen (secondary N) is 12. The first-order valence-electron chi connectivity index (χ1n) is 40.8. The predicted octanol–water partition coefficient (Wildman–Crippen LogP) is 19.7. The molecule has 0 saturated heterocycles. The topological polar surface area (TPSA) is 369 Å². The van der Waals surface area contributed by atoms with Crippen molar-refractivity contribution in [1.29, 1.82) is 14.3 Å². The minimum atomic E-state index is -4.48. The van der Waals surface area contributed by atoms with E-state index >= 15 is 0 Å². The number of carbonyl (C=O) groups excluding carboxylic acids is 3. The van der Waals surface area contributed by atoms with Crippen LogP contribution in [0.15, 0.2) is 252 Å². The molecule has 636 valence electrons. The van der Waals surface area contributed by atoms with Gasteiger partial charge in [-0.2, -0.15) is 28.1 Å². The smallest absolute Gasteiger partial charge is 0.416 e. The van der Waals surface area contributed by atoms with E-state index in [-0.39, 0.29) is 29.3 Å². The number of nitrogens with zero attached hydrogens (tertiary/aromatic N) is 6. The van der Waals surface area contributed by atoms with Gasteiger partial charge in [-0.15, -0.1) is 0 Å². The maximum absolute atomic E-state index is 13.8. The number of anilines is 12. The fourth-order valence-electron chi connectivity index (χ4n) is 15.3. The Morgan fingerprint density at radius 3 is 1.06 bits per heavy atom. The Morgan fingerprint density at radius 1 is 0.403 bits per heavy atom. The standard InChI is InChI=1S/C31H29F3N6O2S.C31H32N6O3S.C30H29FN6O2S/c32-31(33,34)22-6-3-5-21(17-22)30(13-14-30)28(41)38-23-11-9-20(10-12-23)26-19-37-29-39-24-7-4-8-25(18-24)43(35,42)16-2-1-15-36-27(26)40-29;1-40-25-8-4-6-22(18-25)31(14-15-31)29(38)35-23-12-10-21(11-13-23)27-20-34-30-36-24-7-5-9-26(19-24)41(32,39)17-3-2-16-33-28(27)37-30;31-22-6-3-5-21(17-22)30(13-14-30)28(38)35-23-11-9-20(10-12-23)26-19-34-29-36-24-7-4-8-25(18-24)40(32,39)16-2-1-15-33-27(26)37-29/h3-12,17-19,35H,1-2,13-16H2,(H,38,41)(H2,36,37,39,40);4-13,18-20,32H,2-3,14-17H2,1H3,(H,35,38)(H2,33,34,36,37);3-12,17-19,32H,1-2,13-16H2,(H,35,38)(H2,33,34,36,37). The maximum atomic E-state index is 13.8. The van der Waals surface area contributed by atoms with E-state index in [1.807, 2.05) is 97.1 Å². The molecule has 12 N–H and O–H groups in total. The van der Waals surface area contributed by atoms with Crippen LogP contribution in [0.2, 0.25) is 0 Å². The van der Waals surface area contributed by atoms with E-state index < -0.39 is 57.2 Å². The lowest BCUT2D eigenvalue weighted by molar-refractivity contribution is -0.137. The minimum absolute atomic E-state index is 0.0161. The number of aromatic nitrogens is 6. The van der Waals surface area contributed by atoms with Crippen LogP contribution in [0.5, 0.6) is 5.75 Å². The monoisotopic (exact) mass is 1730 g/mol. The highest BCUT2D eigenvalue weighted by atomic mass is 32.2. The van der Waals surface area contributed by atoms with E-state index in [1.165, 1.54) is 18.2 Å². The highest BCUT2D eigenvalue weighted by Gasteiger charge is 2.54. The Labute approximate surface area is 715 Å². The van der Waals surface area contributed by atoms with E-state index in [1.54, 1.807) is 117 Å². The average molecular weight is 1730 g/mol. The summed E-state index contributed by atoms with van der Waals surface area (Å²) in [7, 11) is -7.03. The number of fused-ring (bicyclic) bond motifs is 12. The van der Waals surface area contributed by atoms with E-state index in [0.29, 0.717) is 172 Å². The number of rotatable bonds is 13. The lowest BCUT2D eigenvalue weighted by Crippen LogP contribution is -2.28. The summed E-state index contributed by atoms with van der Waals surface area (Å²) < 4.78 is 123. The first-order chi connectivity index (χ1) is 59.7. The molecule has 9 aromatic carbocycles. The van der Waals surface area contributed by atoms with E-state index in [2.05, 4.69) is 67.8 Å². The zero-order chi connectivity index (χ0) is 86.4. The highest BCUT2D eigenvalue weighted by Crippen LogP contribution is 2.53. The van der Waals surface area contributed by atoms with Crippen molar-refractivity contribution in [3.8, 4) is 39.1 Å². The van der Waals surface area contributed by atoms with Crippen molar-refractivity contribution in [3.63, 3.8) is 0 Å². The molecule has 3 fully saturated rings. The fourth-order valence-corrected chi connectivity index (χ4v) is 19.7. The van der Waals surface area contributed by atoms with Crippen molar-refractivity contribution < 1.29 is 49.3 Å². The number of methoxy groups -OCH3 is 1. The molecule has 32 heteroatoms. The molecule has 12 aromatic rings. The van der Waals surface area contributed by atoms with Gasteiger partial charge in [-0.25, -0.2) is 46.3 Å². The van der Waals surface area contributed by atoms with Crippen LogP contribution >= 0.6 is 0 Å². The van der Waals surface area contributed by atoms with Crippen LogP contribution < -0.4 is 52.6 Å². The van der Waals surface area contributed by atoms with Gasteiger partial charge in [0.05, 0.1) is 58.1 Å². The van der Waals surface area contributed by atoms with Crippen molar-refractivity contribution in [3.05, 3.63) is 265 Å². The summed E-state index contributed by atoms with van der Waals surface area (Å²) >= 11 is 0. The van der Waals surface area contributed by atoms with Gasteiger partial charge in [0.15, 0.2) is 0 Å². The molecular weight excluding hydrogens is 1640 g/mol. The Bertz CT molecular complexity index is 6400. The van der Waals surface area contributed by atoms with Crippen molar-refractivity contribution in [1.82, 2.24) is 29.9 Å². The molecule has 3 saturated carbocycles. The lowest BCUT2D eigenvalue weighted by Gasteiger charge is -2.18. The Kier molecular flexibility index (Phi) is 24.1. The Morgan fingerprint density at radius 2 is 0.726 bits per heavy atom. The lowest BCUT2D eigenvalue weighted by atomic mass is 9.93. The van der Waals surface area contributed by atoms with E-state index in [4.69, 9.17) is 29.0 Å². The second kappa shape index (κ2) is 35.3. The third-order valence-corrected chi connectivity index (χ3v) is 28.5. The summed E-state index contributed by atoms with van der Waals surface area (Å²) in [4.78, 5) is 68.7. The summed E-state index contributed by atoms with van der Waals surface area (Å²) in [5.41, 5.74) is 7.94. The van der Waals surface area contributed by atoms with Gasteiger partial charge in [0.1, 0.15) is 29.0 Å². The van der Waals surface area contributed by atoms with Gasteiger partial charge >= 0.3 is 6.18 Å². The van der Waals surface area contributed by atoms with Gasteiger partial charge in [0.25, 0.3) is 0 Å². The number of hydrogen-bond acceptors (Lipinski definition) is 22. The van der Waals surface area contributed by atoms with Crippen LogP contribution in [-0.2, 0) is 66.0 Å². The molecule has 0 radical (unpaired) electrons. The molecule has 3 aromatic heterocycles. The third-order valence-electron chi connectivity index (χ3n) is 22.9. The fraction of sp³-hybridized carbons (Fsp3) is 0.250. The second-order valence-corrected chi connectivity index (χ2v) is 38.2. The number of alkyl halides is 3. The molecule has 25 nitrogen and oxygen atoms in total. The Balaban J connectivity index is 0.000000138. The quantitative estimate of drug-likeness (QED) is 0.0477. The number of amides is 3. The van der Waals surface area contributed by atoms with Gasteiger partial charge in [-0.05, 0) is 232 Å². The predicted molar refractivity (Wildman–Crippen MR) is 476 cm³/mol. The third kappa shape index (κ3) is 19.3. The molecule has 3 atom stereocenters. The molecule has 3 amide bonds. The van der Waals surface area contributed by atoms with Crippen LogP contribution in [0.1, 0.15) is 99.3 Å². The van der Waals surface area contributed by atoms with Crippen LogP contribution in [0.25, 0.3) is 33.4 Å². The highest BCUT2D eigenvalue weighted by molar-refractivity contribution is 7.93. The number of halogens is 4. The summed E-state index contributed by atoms with van der Waals surface area (Å²) in [5.74, 6) is 3.83. The molecule has 6 heterocycles. The molecule has 0 spiro atoms. The molecule has 124 heavy (non-hydrogen) atoms. The van der Waals surface area contributed by atoms with Crippen molar-refractivity contribution in [2.45, 2.75) is 114 Å². The summed E-state index contributed by atoms with van der Waals surface area (Å²) in [6.07, 6.45) is 8.77. The largest absolute Gasteiger partial charge is 0.497 e. The minimum Gasteiger partial charge on any atom is -0.497 e. The average Bonchev–Trinajstić information content (AvgIpc) is 1.59. The van der Waals surface area contributed by atoms with Gasteiger partial charge in [0.2, 0.25) is 35.6 Å². The summed E-state index contributed by atoms with van der Waals surface area (Å²) in [6.45, 7) is 1.78. The van der Waals surface area contributed by atoms with Crippen molar-refractivity contribution >= 4 is 116 Å². The van der Waals surface area contributed by atoms with Crippen LogP contribution in [0.3, 0.4) is 0 Å². The molecule has 3 unspecified atom stereocenters. The molecule has 3 aliphatic carbocycles. The van der Waals surface area contributed by atoms with Crippen LogP contribution in [0, 0.1) is 20.2 Å². The number of benzene rings is 9. The SMILES string of the molecule is COc1cccc(C2(C(=O)Nc3ccc(-c4cnc5nc4NCCCCS(=N)(=O)c4cccc(c4)N5)cc3)CC2)c1.N=S1(=O)CCCCNc2nc(ncc2-c2ccc(NC(=O)C3(c4cccc(C(F)(F)F)c4)CC3)cc2)Nc2cccc1c2.N=S1(=O)CCCCNc2nc(ncc2-c2ccc(NC(=O)C3(c4cccc(F)c4)CC3)cc2)Nc2cccc1c2. The van der Waals surface area contributed by atoms with Gasteiger partial charge in [0, 0.05) is 121 Å². The van der Waals surface area contributed by atoms with E-state index in [0.717, 1.165) is 88.2 Å². The normalized spacial score (nSPS) is 19.4. The molecule has 12 bridgehead atoms. The first-order valence-corrected chi connectivity index (χ1v) is 46.0. The van der Waals surface area contributed by atoms with Gasteiger partial charge in [-0.1, -0.05) is 97.1 Å². The first kappa shape index (κ1) is 84.4. The number of hydrogen-bond donors (Lipinski definition) is 12. The zero-order valence-electron chi connectivity index (χ0n) is 67.5. The second-order valence-electron chi connectivity index (χ2n) is 31.5. The summed E-state index contributed by atoms with van der Waals surface area (Å²) in [6, 6.07) is 62.4. The van der Waals surface area contributed by atoms with Gasteiger partial charge < -0.3 is 52.6 Å². The Hall–Kier alpha value is -13.2. The van der Waals surface area contributed by atoms with Crippen LogP contribution in [-0.4, -0.2) is 104 Å². The molecular formula is C92H90F4N18O7S3. The van der Waals surface area contributed by atoms with Gasteiger partial charge in [-0.3, -0.25) is 14.4 Å². The molecule has 18 rings (SSSR count). The molecule has 6 aliphatic rings. The number of ether oxygens (including phenoxy) is 1. The van der Waals surface area contributed by atoms with E-state index in [9.17, 15) is 44.6 Å². The summed E-state index contributed by atoms with van der Waals surface area (Å²) in [5, 5.41) is 28.6. The zero-order valence-corrected chi connectivity index (χ0v) is 70.0. The van der Waals surface area contributed by atoms with Crippen LogP contribution in [0.4, 0.5) is 87.0 Å². The van der Waals surface area contributed by atoms with Crippen molar-refractivity contribution in [2.24, 2.45) is 0 Å². The molecule has 3 aliphatic heterocycles. The maximum Gasteiger partial charge on any atom is 0.416 e.